The topological polar surface area (TPSA) is 40.9 Å². The second-order valence-corrected chi connectivity index (χ2v) is 3.36. The van der Waals surface area contributed by atoms with E-state index in [1.165, 1.54) is 5.56 Å². The van der Waals surface area contributed by atoms with E-state index in [1.54, 1.807) is 0 Å². The normalized spacial score (nSPS) is 9.43. The number of nitriles is 1. The zero-order valence-electron chi connectivity index (χ0n) is 8.29. The maximum Gasteiger partial charge on any atom is 0.147 e. The molecule has 0 unspecified atom stereocenters. The second kappa shape index (κ2) is 5.18. The summed E-state index contributed by atoms with van der Waals surface area (Å²) in [6.45, 7) is 2.03. The molecule has 0 radical (unpaired) electrons. The molecule has 1 aromatic carbocycles. The molecular formula is C12H13NO. The molecule has 1 aromatic rings. The first kappa shape index (κ1) is 10.5. The van der Waals surface area contributed by atoms with E-state index >= 15 is 0 Å². The van der Waals surface area contributed by atoms with Crippen LogP contribution in [0.2, 0.25) is 0 Å². The Kier molecular flexibility index (Phi) is 3.87. The van der Waals surface area contributed by atoms with Crippen molar-refractivity contribution >= 4 is 5.78 Å². The Balaban J connectivity index is 2.46. The minimum atomic E-state index is 0.0222. The highest BCUT2D eigenvalue weighted by Crippen LogP contribution is 2.07. The molecule has 0 heterocycles. The van der Waals surface area contributed by atoms with E-state index in [2.05, 4.69) is 6.07 Å². The molecule has 0 amide bonds. The summed E-state index contributed by atoms with van der Waals surface area (Å²) in [7, 11) is 0. The van der Waals surface area contributed by atoms with E-state index in [1.807, 2.05) is 31.2 Å². The molecule has 0 saturated carbocycles. The van der Waals surface area contributed by atoms with E-state index in [9.17, 15) is 4.79 Å². The van der Waals surface area contributed by atoms with Crippen molar-refractivity contribution in [3.05, 3.63) is 35.4 Å². The van der Waals surface area contributed by atoms with E-state index in [-0.39, 0.29) is 12.2 Å². The fourth-order valence-corrected chi connectivity index (χ4v) is 1.33. The van der Waals surface area contributed by atoms with Gasteiger partial charge in [-0.25, -0.2) is 0 Å². The van der Waals surface area contributed by atoms with E-state index < -0.39 is 0 Å². The van der Waals surface area contributed by atoms with Gasteiger partial charge in [0.1, 0.15) is 5.78 Å². The zero-order chi connectivity index (χ0) is 10.4. The van der Waals surface area contributed by atoms with Crippen molar-refractivity contribution in [1.82, 2.24) is 0 Å². The Morgan fingerprint density at radius 1 is 1.50 bits per heavy atom. The fourth-order valence-electron chi connectivity index (χ4n) is 1.33. The molecule has 2 nitrogen and oxygen atoms in total. The number of benzene rings is 1. The van der Waals surface area contributed by atoms with Gasteiger partial charge < -0.3 is 0 Å². The molecule has 0 fully saturated rings. The number of rotatable bonds is 4. The monoisotopic (exact) mass is 187 g/mol. The Labute approximate surface area is 84.2 Å². The Morgan fingerprint density at radius 3 is 2.93 bits per heavy atom. The summed E-state index contributed by atoms with van der Waals surface area (Å²) in [5.41, 5.74) is 2.37. The van der Waals surface area contributed by atoms with Gasteiger partial charge in [-0.05, 0) is 18.9 Å². The lowest BCUT2D eigenvalue weighted by Crippen LogP contribution is -1.98. The Morgan fingerprint density at radius 2 is 2.29 bits per heavy atom. The van der Waals surface area contributed by atoms with Crippen LogP contribution in [-0.2, 0) is 11.2 Å². The lowest BCUT2D eigenvalue weighted by atomic mass is 10.0. The van der Waals surface area contributed by atoms with Crippen LogP contribution < -0.4 is 0 Å². The van der Waals surface area contributed by atoms with Gasteiger partial charge in [-0.15, -0.1) is 0 Å². The third kappa shape index (κ3) is 3.40. The van der Waals surface area contributed by atoms with Crippen molar-refractivity contribution in [3.63, 3.8) is 0 Å². The third-order valence-corrected chi connectivity index (χ3v) is 2.05. The van der Waals surface area contributed by atoms with Crippen LogP contribution in [0.4, 0.5) is 0 Å². The van der Waals surface area contributed by atoms with Crippen molar-refractivity contribution in [1.29, 1.82) is 5.26 Å². The van der Waals surface area contributed by atoms with Gasteiger partial charge in [-0.2, -0.15) is 5.26 Å². The predicted octanol–water partition coefficient (Wildman–Crippen LogP) is 2.41. The summed E-state index contributed by atoms with van der Waals surface area (Å²) >= 11 is 0. The van der Waals surface area contributed by atoms with Crippen LogP contribution >= 0.6 is 0 Å². The maximum atomic E-state index is 11.1. The molecule has 0 bridgehead atoms. The van der Waals surface area contributed by atoms with Crippen LogP contribution in [0.25, 0.3) is 0 Å². The van der Waals surface area contributed by atoms with Crippen molar-refractivity contribution in [2.45, 2.75) is 26.2 Å². The first-order chi connectivity index (χ1) is 6.72. The van der Waals surface area contributed by atoms with Gasteiger partial charge >= 0.3 is 0 Å². The Bertz CT molecular complexity index is 363. The van der Waals surface area contributed by atoms with Gasteiger partial charge in [-0.3, -0.25) is 4.79 Å². The molecular weight excluding hydrogens is 174 g/mol. The summed E-state index contributed by atoms with van der Waals surface area (Å²) in [4.78, 5) is 11.1. The largest absolute Gasteiger partial charge is 0.299 e. The number of Topliss-reactive ketones (excluding diaryl/α,β-unsaturated/α-hetero) is 1. The molecule has 0 atom stereocenters. The van der Waals surface area contributed by atoms with Gasteiger partial charge in [0.25, 0.3) is 0 Å². The van der Waals surface area contributed by atoms with Crippen molar-refractivity contribution < 1.29 is 4.79 Å². The first-order valence-corrected chi connectivity index (χ1v) is 4.66. The molecule has 72 valence electrons. The number of nitrogens with zero attached hydrogens (tertiary/aromatic N) is 1. The Hall–Kier alpha value is -1.62. The van der Waals surface area contributed by atoms with Crippen molar-refractivity contribution in [3.8, 4) is 6.07 Å². The highest BCUT2D eigenvalue weighted by atomic mass is 16.1. The third-order valence-electron chi connectivity index (χ3n) is 2.05. The van der Waals surface area contributed by atoms with Crippen LogP contribution in [0.5, 0.6) is 0 Å². The average Bonchev–Trinajstić information content (AvgIpc) is 2.15. The molecule has 0 aliphatic carbocycles. The minimum absolute atomic E-state index is 0.0222. The molecule has 0 aromatic heterocycles. The zero-order valence-corrected chi connectivity index (χ0v) is 8.29. The molecule has 0 aliphatic rings. The van der Waals surface area contributed by atoms with Gasteiger partial charge in [-0.1, -0.05) is 29.8 Å². The number of ketones is 1. The van der Waals surface area contributed by atoms with Gasteiger partial charge in [0, 0.05) is 6.42 Å². The number of carbonyl (C=O) groups excluding carboxylic acids is 1. The van der Waals surface area contributed by atoms with E-state index in [0.29, 0.717) is 6.42 Å². The molecule has 0 aliphatic heterocycles. The summed E-state index contributed by atoms with van der Waals surface area (Å²) in [5, 5.41) is 8.31. The van der Waals surface area contributed by atoms with Crippen molar-refractivity contribution in [2.24, 2.45) is 0 Å². The molecule has 2 heteroatoms. The predicted molar refractivity (Wildman–Crippen MR) is 54.7 cm³/mol. The fraction of sp³-hybridized carbons (Fsp3) is 0.333. The molecule has 0 N–H and O–H groups in total. The highest BCUT2D eigenvalue weighted by Gasteiger charge is 2.01. The first-order valence-electron chi connectivity index (χ1n) is 4.66. The van der Waals surface area contributed by atoms with Gasteiger partial charge in [0.2, 0.25) is 0 Å². The number of carbonyl (C=O) groups is 1. The van der Waals surface area contributed by atoms with Crippen LogP contribution in [0.1, 0.15) is 24.0 Å². The molecule has 0 saturated heterocycles. The van der Waals surface area contributed by atoms with Gasteiger partial charge in [0.15, 0.2) is 0 Å². The van der Waals surface area contributed by atoms with Gasteiger partial charge in [0.05, 0.1) is 12.5 Å². The van der Waals surface area contributed by atoms with Crippen LogP contribution in [0.3, 0.4) is 0 Å². The van der Waals surface area contributed by atoms with Crippen LogP contribution in [0.15, 0.2) is 24.3 Å². The number of hydrogen-bond acceptors (Lipinski definition) is 2. The number of hydrogen-bond donors (Lipinski definition) is 0. The van der Waals surface area contributed by atoms with Crippen LogP contribution in [-0.4, -0.2) is 5.78 Å². The molecule has 1 rings (SSSR count). The SMILES string of the molecule is Cc1cccc(CCC(=O)CC#N)c1. The smallest absolute Gasteiger partial charge is 0.147 e. The lowest BCUT2D eigenvalue weighted by molar-refractivity contribution is -0.118. The molecule has 0 spiro atoms. The summed E-state index contributed by atoms with van der Waals surface area (Å²) < 4.78 is 0. The number of aryl methyl sites for hydroxylation is 2. The van der Waals surface area contributed by atoms with Crippen molar-refractivity contribution in [2.75, 3.05) is 0 Å². The van der Waals surface area contributed by atoms with Crippen LogP contribution in [0, 0.1) is 18.3 Å². The second-order valence-electron chi connectivity index (χ2n) is 3.36. The highest BCUT2D eigenvalue weighted by molar-refractivity contribution is 5.80. The summed E-state index contributed by atoms with van der Waals surface area (Å²) in [6, 6.07) is 9.96. The van der Waals surface area contributed by atoms with E-state index in [4.69, 9.17) is 5.26 Å². The standard InChI is InChI=1S/C12H13NO/c1-10-3-2-4-11(9-10)5-6-12(14)7-8-13/h2-4,9H,5-7H2,1H3. The molecule has 14 heavy (non-hydrogen) atoms. The maximum absolute atomic E-state index is 11.1. The summed E-state index contributed by atoms with van der Waals surface area (Å²) in [5.74, 6) is 0.0222. The minimum Gasteiger partial charge on any atom is -0.299 e. The quantitative estimate of drug-likeness (QED) is 0.726. The van der Waals surface area contributed by atoms with E-state index in [0.717, 1.165) is 12.0 Å². The lowest BCUT2D eigenvalue weighted by Gasteiger charge is -2.00. The summed E-state index contributed by atoms with van der Waals surface area (Å²) in [6.07, 6.45) is 1.24. The average molecular weight is 187 g/mol.